The van der Waals surface area contributed by atoms with Gasteiger partial charge in [-0.2, -0.15) is 0 Å². The molecule has 2 amide bonds. The molecule has 0 atom stereocenters. The third-order valence-corrected chi connectivity index (χ3v) is 5.58. The lowest BCUT2D eigenvalue weighted by molar-refractivity contribution is 0.0846. The monoisotopic (exact) mass is 366 g/mol. The van der Waals surface area contributed by atoms with Crippen LogP contribution in [0.1, 0.15) is 31.2 Å². The molecule has 26 heavy (non-hydrogen) atoms. The minimum absolute atomic E-state index is 0.118. The summed E-state index contributed by atoms with van der Waals surface area (Å²) < 4.78 is 13.6. The molecule has 0 fully saturated rings. The van der Waals surface area contributed by atoms with Crippen LogP contribution in [0.5, 0.6) is 0 Å². The molecule has 1 heterocycles. The molecule has 3 aromatic rings. The third-order valence-electron chi connectivity index (χ3n) is 4.37. The second-order valence-electron chi connectivity index (χ2n) is 6.01. The van der Waals surface area contributed by atoms with Crippen molar-refractivity contribution in [3.05, 3.63) is 82.0 Å². The highest BCUT2D eigenvalue weighted by molar-refractivity contribution is 7.17. The first-order chi connectivity index (χ1) is 12.6. The smallest absolute Gasteiger partial charge is 0.267 e. The zero-order chi connectivity index (χ0) is 18.1. The van der Waals surface area contributed by atoms with E-state index in [4.69, 9.17) is 0 Å². The van der Waals surface area contributed by atoms with E-state index in [1.165, 1.54) is 35.1 Å². The topological polar surface area (TPSA) is 58.2 Å². The highest BCUT2D eigenvalue weighted by Gasteiger charge is 2.21. The highest BCUT2D eigenvalue weighted by atomic mass is 32.1. The Morgan fingerprint density at radius 2 is 1.58 bits per heavy atom. The summed E-state index contributed by atoms with van der Waals surface area (Å²) in [7, 11) is 0. The summed E-state index contributed by atoms with van der Waals surface area (Å²) >= 11 is 1.40. The van der Waals surface area contributed by atoms with Crippen LogP contribution >= 0.6 is 11.3 Å². The van der Waals surface area contributed by atoms with E-state index in [0.717, 1.165) is 28.8 Å². The Hall–Kier alpha value is -2.99. The fraction of sp³-hybridized carbons (Fsp3) is 0.100. The molecule has 0 radical (unpaired) electrons. The van der Waals surface area contributed by atoms with Crippen LogP contribution < -0.4 is 10.9 Å². The van der Waals surface area contributed by atoms with Gasteiger partial charge in [-0.25, -0.2) is 4.39 Å². The lowest BCUT2D eigenvalue weighted by atomic mass is 9.91. The van der Waals surface area contributed by atoms with Gasteiger partial charge in [-0.05, 0) is 47.7 Å². The number of thiophene rings is 1. The van der Waals surface area contributed by atoms with Gasteiger partial charge in [0.1, 0.15) is 5.82 Å². The van der Waals surface area contributed by atoms with Crippen LogP contribution in [0.25, 0.3) is 10.4 Å². The van der Waals surface area contributed by atoms with Crippen molar-refractivity contribution in [2.75, 3.05) is 0 Å². The maximum Gasteiger partial charge on any atom is 0.279 e. The van der Waals surface area contributed by atoms with Gasteiger partial charge in [-0.1, -0.05) is 36.4 Å². The second-order valence-corrected chi connectivity index (χ2v) is 7.06. The van der Waals surface area contributed by atoms with Crippen LogP contribution in [-0.4, -0.2) is 11.8 Å². The van der Waals surface area contributed by atoms with E-state index in [-0.39, 0.29) is 5.56 Å². The zero-order valence-electron chi connectivity index (χ0n) is 13.7. The molecule has 0 saturated carbocycles. The Labute approximate surface area is 153 Å². The van der Waals surface area contributed by atoms with Crippen molar-refractivity contribution in [3.8, 4) is 10.4 Å². The van der Waals surface area contributed by atoms with E-state index in [2.05, 4.69) is 23.0 Å². The fourth-order valence-electron chi connectivity index (χ4n) is 3.07. The number of halogens is 1. The summed E-state index contributed by atoms with van der Waals surface area (Å²) in [5.74, 6) is -1.74. The van der Waals surface area contributed by atoms with Crippen molar-refractivity contribution in [3.63, 3.8) is 0 Å². The number of rotatable bonds is 2. The summed E-state index contributed by atoms with van der Waals surface area (Å²) in [6.45, 7) is 0. The highest BCUT2D eigenvalue weighted by Crippen LogP contribution is 2.39. The lowest BCUT2D eigenvalue weighted by Gasteiger charge is -2.15. The Kier molecular flexibility index (Phi) is 4.26. The fourth-order valence-corrected chi connectivity index (χ4v) is 4.24. The van der Waals surface area contributed by atoms with Gasteiger partial charge in [0.05, 0.1) is 10.4 Å². The Morgan fingerprint density at radius 3 is 2.42 bits per heavy atom. The molecule has 1 aliphatic rings. The van der Waals surface area contributed by atoms with Gasteiger partial charge in [0.25, 0.3) is 11.8 Å². The lowest BCUT2D eigenvalue weighted by Crippen LogP contribution is -2.41. The molecule has 0 unspecified atom stereocenters. The van der Waals surface area contributed by atoms with E-state index >= 15 is 0 Å². The molecular formula is C20H15FN2O2S. The molecule has 2 aromatic carbocycles. The van der Waals surface area contributed by atoms with E-state index < -0.39 is 17.6 Å². The average molecular weight is 366 g/mol. The van der Waals surface area contributed by atoms with Gasteiger partial charge in [-0.15, -0.1) is 11.3 Å². The maximum absolute atomic E-state index is 13.6. The van der Waals surface area contributed by atoms with Crippen LogP contribution in [0.4, 0.5) is 4.39 Å². The molecular weight excluding hydrogens is 351 g/mol. The number of aryl methyl sites for hydroxylation is 2. The number of benzene rings is 2. The molecule has 0 saturated heterocycles. The molecule has 1 aliphatic carbocycles. The first-order valence-corrected chi connectivity index (χ1v) is 9.01. The van der Waals surface area contributed by atoms with Gasteiger partial charge in [0.15, 0.2) is 0 Å². The van der Waals surface area contributed by atoms with Gasteiger partial charge < -0.3 is 0 Å². The molecule has 4 nitrogen and oxygen atoms in total. The standard InChI is InChI=1S/C20H15FN2O2S/c21-16-8-4-3-7-15(16)19(24)22-23-20(25)17-11-13-10-9-12-5-1-2-6-14(12)18(13)26-17/h1-8,11H,9-10H2,(H,22,24)(H,23,25). The normalized spacial score (nSPS) is 12.0. The van der Waals surface area contributed by atoms with Crippen molar-refractivity contribution in [2.24, 2.45) is 0 Å². The number of carbonyl (C=O) groups is 2. The Bertz CT molecular complexity index is 1010. The number of hydrogen-bond acceptors (Lipinski definition) is 3. The summed E-state index contributed by atoms with van der Waals surface area (Å²) in [6.07, 6.45) is 1.84. The second kappa shape index (κ2) is 6.72. The number of hydrazine groups is 1. The average Bonchev–Trinajstić information content (AvgIpc) is 3.11. The first kappa shape index (κ1) is 16.5. The van der Waals surface area contributed by atoms with E-state index in [1.807, 2.05) is 18.2 Å². The van der Waals surface area contributed by atoms with Crippen molar-refractivity contribution in [1.82, 2.24) is 10.9 Å². The minimum Gasteiger partial charge on any atom is -0.267 e. The molecule has 130 valence electrons. The summed E-state index contributed by atoms with van der Waals surface area (Å²) in [5.41, 5.74) is 8.09. The molecule has 1 aromatic heterocycles. The van der Waals surface area contributed by atoms with Gasteiger partial charge in [-0.3, -0.25) is 20.4 Å². The van der Waals surface area contributed by atoms with Crippen LogP contribution in [0.3, 0.4) is 0 Å². The van der Waals surface area contributed by atoms with Crippen molar-refractivity contribution >= 4 is 23.2 Å². The maximum atomic E-state index is 13.6. The van der Waals surface area contributed by atoms with Gasteiger partial charge in [0, 0.05) is 4.88 Å². The minimum atomic E-state index is -0.692. The van der Waals surface area contributed by atoms with Crippen LogP contribution in [0.2, 0.25) is 0 Å². The number of amides is 2. The molecule has 4 rings (SSSR count). The van der Waals surface area contributed by atoms with E-state index in [9.17, 15) is 14.0 Å². The van der Waals surface area contributed by atoms with Crippen molar-refractivity contribution < 1.29 is 14.0 Å². The number of fused-ring (bicyclic) bond motifs is 3. The van der Waals surface area contributed by atoms with Crippen LogP contribution in [0.15, 0.2) is 54.6 Å². The summed E-state index contributed by atoms with van der Waals surface area (Å²) in [4.78, 5) is 26.0. The van der Waals surface area contributed by atoms with Gasteiger partial charge in [0.2, 0.25) is 0 Å². The van der Waals surface area contributed by atoms with Gasteiger partial charge >= 0.3 is 0 Å². The van der Waals surface area contributed by atoms with Crippen molar-refractivity contribution in [1.29, 1.82) is 0 Å². The number of carbonyl (C=O) groups excluding carboxylic acids is 2. The predicted molar refractivity (Wildman–Crippen MR) is 98.5 cm³/mol. The molecule has 0 aliphatic heterocycles. The Morgan fingerprint density at radius 1 is 0.885 bits per heavy atom. The van der Waals surface area contributed by atoms with Crippen molar-refractivity contribution in [2.45, 2.75) is 12.8 Å². The summed E-state index contributed by atoms with van der Waals surface area (Å²) in [6, 6.07) is 15.6. The zero-order valence-corrected chi connectivity index (χ0v) is 14.5. The molecule has 0 bridgehead atoms. The quantitative estimate of drug-likeness (QED) is 0.679. The Balaban J connectivity index is 1.50. The third kappa shape index (κ3) is 2.99. The number of nitrogens with one attached hydrogen (secondary N) is 2. The van der Waals surface area contributed by atoms with Crippen LogP contribution in [-0.2, 0) is 12.8 Å². The molecule has 2 N–H and O–H groups in total. The first-order valence-electron chi connectivity index (χ1n) is 8.19. The number of hydrogen-bond donors (Lipinski definition) is 2. The van der Waals surface area contributed by atoms with Crippen LogP contribution in [0, 0.1) is 5.82 Å². The van der Waals surface area contributed by atoms with E-state index in [0.29, 0.717) is 4.88 Å². The summed E-state index contributed by atoms with van der Waals surface area (Å²) in [5, 5.41) is 0. The molecule has 0 spiro atoms. The van der Waals surface area contributed by atoms with E-state index in [1.54, 1.807) is 6.07 Å². The molecule has 6 heteroatoms. The predicted octanol–water partition coefficient (Wildman–Crippen LogP) is 3.73. The SMILES string of the molecule is O=C(NNC(=O)c1ccccc1F)c1cc2c(s1)-c1ccccc1CC2. The largest absolute Gasteiger partial charge is 0.279 e.